The number of halogens is 1. The van der Waals surface area contributed by atoms with Gasteiger partial charge in [0, 0.05) is 4.47 Å². The third kappa shape index (κ3) is 3.92. The van der Waals surface area contributed by atoms with E-state index in [0.717, 1.165) is 5.56 Å². The van der Waals surface area contributed by atoms with Gasteiger partial charge in [-0.3, -0.25) is 4.79 Å². The molecular formula is C16H13BrO4. The summed E-state index contributed by atoms with van der Waals surface area (Å²) in [6.07, 6.45) is 0. The van der Waals surface area contributed by atoms with E-state index < -0.39 is 11.8 Å². The van der Waals surface area contributed by atoms with Crippen molar-refractivity contribution in [3.05, 3.63) is 64.1 Å². The molecule has 0 radical (unpaired) electrons. The van der Waals surface area contributed by atoms with Crippen molar-refractivity contribution >= 4 is 27.7 Å². The van der Waals surface area contributed by atoms with Gasteiger partial charge in [0.1, 0.15) is 12.4 Å². The topological polar surface area (TPSA) is 52.6 Å². The van der Waals surface area contributed by atoms with Crippen LogP contribution in [0.2, 0.25) is 0 Å². The van der Waals surface area contributed by atoms with E-state index in [0.29, 0.717) is 16.8 Å². The van der Waals surface area contributed by atoms with Gasteiger partial charge >= 0.3 is 5.97 Å². The van der Waals surface area contributed by atoms with E-state index in [2.05, 4.69) is 20.7 Å². The molecule has 2 aromatic carbocycles. The largest absolute Gasteiger partial charge is 0.488 e. The highest BCUT2D eigenvalue weighted by Gasteiger charge is 2.21. The number of benzene rings is 2. The highest BCUT2D eigenvalue weighted by Crippen LogP contribution is 2.25. The molecule has 0 N–H and O–H groups in total. The van der Waals surface area contributed by atoms with E-state index >= 15 is 0 Å². The summed E-state index contributed by atoms with van der Waals surface area (Å²) in [5.41, 5.74) is 1.14. The molecule has 0 amide bonds. The van der Waals surface area contributed by atoms with Crippen molar-refractivity contribution in [1.29, 1.82) is 0 Å². The normalized spacial score (nSPS) is 10.0. The van der Waals surface area contributed by atoms with Gasteiger partial charge in [-0.05, 0) is 23.8 Å². The third-order valence-corrected chi connectivity index (χ3v) is 3.29. The minimum absolute atomic E-state index is 0.173. The number of carbonyl (C=O) groups excluding carboxylic acids is 2. The van der Waals surface area contributed by atoms with Crippen molar-refractivity contribution in [3.8, 4) is 5.75 Å². The fraction of sp³-hybridized carbons (Fsp3) is 0.125. The van der Waals surface area contributed by atoms with Gasteiger partial charge in [0.25, 0.3) is 5.78 Å². The van der Waals surface area contributed by atoms with Crippen LogP contribution in [0.1, 0.15) is 15.9 Å². The molecule has 0 atom stereocenters. The van der Waals surface area contributed by atoms with E-state index in [1.165, 1.54) is 7.11 Å². The maximum absolute atomic E-state index is 12.0. The summed E-state index contributed by atoms with van der Waals surface area (Å²) in [7, 11) is 1.17. The SMILES string of the molecule is COC(=O)C(=O)c1cc(Br)ccc1OCc1ccccc1. The van der Waals surface area contributed by atoms with E-state index in [9.17, 15) is 9.59 Å². The van der Waals surface area contributed by atoms with Gasteiger partial charge in [0.2, 0.25) is 0 Å². The molecule has 0 fully saturated rings. The number of ether oxygens (including phenoxy) is 2. The van der Waals surface area contributed by atoms with Crippen molar-refractivity contribution in [2.75, 3.05) is 7.11 Å². The van der Waals surface area contributed by atoms with Crippen molar-refractivity contribution in [3.63, 3.8) is 0 Å². The molecule has 5 heteroatoms. The standard InChI is InChI=1S/C16H13BrO4/c1-20-16(19)15(18)13-9-12(17)7-8-14(13)21-10-11-5-3-2-4-6-11/h2-9H,10H2,1H3. The van der Waals surface area contributed by atoms with Gasteiger partial charge in [0.05, 0.1) is 12.7 Å². The van der Waals surface area contributed by atoms with Gasteiger partial charge in [-0.1, -0.05) is 46.3 Å². The first-order valence-corrected chi connectivity index (χ1v) is 7.00. The number of hydrogen-bond donors (Lipinski definition) is 0. The summed E-state index contributed by atoms with van der Waals surface area (Å²) in [6, 6.07) is 14.5. The minimum Gasteiger partial charge on any atom is -0.488 e. The van der Waals surface area contributed by atoms with Crippen LogP contribution in [0.15, 0.2) is 53.0 Å². The molecule has 0 aliphatic carbocycles. The van der Waals surface area contributed by atoms with Crippen LogP contribution in [0, 0.1) is 0 Å². The molecule has 0 unspecified atom stereocenters. The Hall–Kier alpha value is -2.14. The molecule has 108 valence electrons. The Kier molecular flexibility index (Phi) is 5.11. The van der Waals surface area contributed by atoms with Gasteiger partial charge in [0.15, 0.2) is 0 Å². The van der Waals surface area contributed by atoms with Gasteiger partial charge < -0.3 is 9.47 Å². The zero-order chi connectivity index (χ0) is 15.2. The predicted octanol–water partition coefficient (Wildman–Crippen LogP) is 3.38. The van der Waals surface area contributed by atoms with Crippen LogP contribution >= 0.6 is 15.9 Å². The first kappa shape index (κ1) is 15.3. The Bertz CT molecular complexity index is 653. The monoisotopic (exact) mass is 348 g/mol. The number of Topliss-reactive ketones (excluding diaryl/α,β-unsaturated/α-hetero) is 1. The average Bonchev–Trinajstić information content (AvgIpc) is 2.53. The second-order valence-electron chi connectivity index (χ2n) is 4.24. The number of rotatable bonds is 5. The zero-order valence-corrected chi connectivity index (χ0v) is 12.9. The first-order chi connectivity index (χ1) is 10.1. The molecule has 0 bridgehead atoms. The van der Waals surface area contributed by atoms with Crippen molar-refractivity contribution < 1.29 is 19.1 Å². The van der Waals surface area contributed by atoms with E-state index in [4.69, 9.17) is 4.74 Å². The molecular weight excluding hydrogens is 336 g/mol. The van der Waals surface area contributed by atoms with Gasteiger partial charge in [-0.25, -0.2) is 4.79 Å². The molecule has 0 saturated carbocycles. The maximum atomic E-state index is 12.0. The van der Waals surface area contributed by atoms with E-state index in [1.54, 1.807) is 18.2 Å². The molecule has 2 rings (SSSR count). The van der Waals surface area contributed by atoms with Crippen LogP contribution in [0.4, 0.5) is 0 Å². The molecule has 4 nitrogen and oxygen atoms in total. The lowest BCUT2D eigenvalue weighted by molar-refractivity contribution is -0.135. The van der Waals surface area contributed by atoms with Crippen LogP contribution in [0.3, 0.4) is 0 Å². The lowest BCUT2D eigenvalue weighted by Gasteiger charge is -2.10. The van der Waals surface area contributed by atoms with Gasteiger partial charge in [-0.15, -0.1) is 0 Å². The summed E-state index contributed by atoms with van der Waals surface area (Å²) in [5.74, 6) is -1.31. The van der Waals surface area contributed by atoms with Gasteiger partial charge in [-0.2, -0.15) is 0 Å². The molecule has 0 aliphatic heterocycles. The quantitative estimate of drug-likeness (QED) is 0.472. The average molecular weight is 349 g/mol. The van der Waals surface area contributed by atoms with Crippen LogP contribution in [-0.2, 0) is 16.1 Å². The second kappa shape index (κ2) is 7.04. The van der Waals surface area contributed by atoms with Crippen molar-refractivity contribution in [2.45, 2.75) is 6.61 Å². The fourth-order valence-corrected chi connectivity index (χ4v) is 2.10. The highest BCUT2D eigenvalue weighted by atomic mass is 79.9. The van der Waals surface area contributed by atoms with Crippen LogP contribution < -0.4 is 4.74 Å². The highest BCUT2D eigenvalue weighted by molar-refractivity contribution is 9.10. The minimum atomic E-state index is -0.919. The van der Waals surface area contributed by atoms with Crippen LogP contribution in [-0.4, -0.2) is 18.9 Å². The Labute approximate surface area is 130 Å². The molecule has 0 spiro atoms. The zero-order valence-electron chi connectivity index (χ0n) is 11.3. The van der Waals surface area contributed by atoms with Crippen LogP contribution in [0.25, 0.3) is 0 Å². The van der Waals surface area contributed by atoms with E-state index in [-0.39, 0.29) is 5.56 Å². The molecule has 0 heterocycles. The molecule has 21 heavy (non-hydrogen) atoms. The molecule has 0 aliphatic rings. The lowest BCUT2D eigenvalue weighted by Crippen LogP contribution is -2.17. The van der Waals surface area contributed by atoms with Crippen molar-refractivity contribution in [2.24, 2.45) is 0 Å². The first-order valence-electron chi connectivity index (χ1n) is 6.20. The molecule has 0 aromatic heterocycles. The third-order valence-electron chi connectivity index (χ3n) is 2.79. The molecule has 0 saturated heterocycles. The molecule has 2 aromatic rings. The summed E-state index contributed by atoms with van der Waals surface area (Å²) < 4.78 is 10.8. The van der Waals surface area contributed by atoms with Crippen LogP contribution in [0.5, 0.6) is 5.75 Å². The summed E-state index contributed by atoms with van der Waals surface area (Å²) in [6.45, 7) is 0.309. The Morgan fingerprint density at radius 1 is 1.10 bits per heavy atom. The number of esters is 1. The van der Waals surface area contributed by atoms with E-state index in [1.807, 2.05) is 30.3 Å². The van der Waals surface area contributed by atoms with Crippen molar-refractivity contribution in [1.82, 2.24) is 0 Å². The Balaban J connectivity index is 2.23. The number of hydrogen-bond acceptors (Lipinski definition) is 4. The summed E-state index contributed by atoms with van der Waals surface area (Å²) in [4.78, 5) is 23.4. The smallest absolute Gasteiger partial charge is 0.379 e. The Morgan fingerprint density at radius 2 is 1.81 bits per heavy atom. The number of carbonyl (C=O) groups is 2. The second-order valence-corrected chi connectivity index (χ2v) is 5.15. The summed E-state index contributed by atoms with van der Waals surface area (Å²) >= 11 is 3.27. The predicted molar refractivity (Wildman–Crippen MR) is 81.3 cm³/mol. The summed E-state index contributed by atoms with van der Waals surface area (Å²) in [5, 5.41) is 0. The fourth-order valence-electron chi connectivity index (χ4n) is 1.74. The number of methoxy groups -OCH3 is 1. The lowest BCUT2D eigenvalue weighted by atomic mass is 10.1. The number of ketones is 1. The Morgan fingerprint density at radius 3 is 2.48 bits per heavy atom. The maximum Gasteiger partial charge on any atom is 0.379 e.